The van der Waals surface area contributed by atoms with Gasteiger partial charge in [0.1, 0.15) is 0 Å². The summed E-state index contributed by atoms with van der Waals surface area (Å²) in [5.41, 5.74) is 6.68. The smallest absolute Gasteiger partial charge is 0.253 e. The number of rotatable bonds is 1. The van der Waals surface area contributed by atoms with E-state index in [1.165, 1.54) is 0 Å². The molecule has 0 aromatic heterocycles. The van der Waals surface area contributed by atoms with Crippen molar-refractivity contribution < 1.29 is 4.79 Å². The first kappa shape index (κ1) is 14.0. The first-order chi connectivity index (χ1) is 8.47. The summed E-state index contributed by atoms with van der Waals surface area (Å²) in [5, 5.41) is 0. The number of nitrogens with two attached hydrogens (primary N) is 1. The zero-order valence-corrected chi connectivity index (χ0v) is 13.4. The summed E-state index contributed by atoms with van der Waals surface area (Å²) >= 11 is 6.81. The molecular weight excluding hydrogens is 360 g/mol. The molecule has 3 nitrogen and oxygen atoms in total. The van der Waals surface area contributed by atoms with Gasteiger partial charge in [-0.25, -0.2) is 0 Å². The molecule has 2 N–H and O–H groups in total. The van der Waals surface area contributed by atoms with Crippen molar-refractivity contribution in [2.45, 2.75) is 19.4 Å². The molecule has 1 amide bonds. The predicted molar refractivity (Wildman–Crippen MR) is 79.5 cm³/mol. The minimum absolute atomic E-state index is 0.0794. The highest BCUT2D eigenvalue weighted by atomic mass is 79.9. The lowest BCUT2D eigenvalue weighted by Gasteiger charge is -2.35. The number of amides is 1. The molecule has 1 aromatic carbocycles. The Bertz CT molecular complexity index is 444. The average molecular weight is 376 g/mol. The molecule has 98 valence electrons. The van der Waals surface area contributed by atoms with Gasteiger partial charge in [0.05, 0.1) is 0 Å². The fraction of sp³-hybridized carbons (Fsp3) is 0.462. The average Bonchev–Trinajstić information content (AvgIpc) is 2.30. The van der Waals surface area contributed by atoms with Crippen molar-refractivity contribution in [2.24, 2.45) is 11.7 Å². The first-order valence-electron chi connectivity index (χ1n) is 5.98. The third kappa shape index (κ3) is 3.13. The number of likely N-dealkylation sites (tertiary alicyclic amines) is 1. The van der Waals surface area contributed by atoms with Gasteiger partial charge in [-0.15, -0.1) is 0 Å². The molecule has 0 bridgehead atoms. The molecule has 2 atom stereocenters. The van der Waals surface area contributed by atoms with E-state index in [0.29, 0.717) is 11.5 Å². The quantitative estimate of drug-likeness (QED) is 0.819. The van der Waals surface area contributed by atoms with Crippen LogP contribution in [0.25, 0.3) is 0 Å². The van der Waals surface area contributed by atoms with Gasteiger partial charge >= 0.3 is 0 Å². The van der Waals surface area contributed by atoms with Gasteiger partial charge in [-0.2, -0.15) is 0 Å². The van der Waals surface area contributed by atoms with E-state index in [0.717, 1.165) is 28.5 Å². The van der Waals surface area contributed by atoms with Crippen molar-refractivity contribution >= 4 is 37.8 Å². The lowest BCUT2D eigenvalue weighted by molar-refractivity contribution is 0.0664. The SMILES string of the molecule is CC1CN(C(=O)c2cc(Br)cc(Br)c2)CCC1N. The minimum atomic E-state index is 0.0794. The van der Waals surface area contributed by atoms with Gasteiger partial charge in [0.15, 0.2) is 0 Å². The summed E-state index contributed by atoms with van der Waals surface area (Å²) < 4.78 is 1.81. The molecular formula is C13H16Br2N2O. The van der Waals surface area contributed by atoms with Crippen LogP contribution in [0.5, 0.6) is 0 Å². The predicted octanol–water partition coefficient (Wildman–Crippen LogP) is 3.02. The van der Waals surface area contributed by atoms with Crippen molar-refractivity contribution in [1.29, 1.82) is 0 Å². The summed E-state index contributed by atoms with van der Waals surface area (Å²) in [5.74, 6) is 0.439. The number of halogens is 2. The fourth-order valence-corrected chi connectivity index (χ4v) is 3.50. The standard InChI is InChI=1S/C13H16Br2N2O/c1-8-7-17(3-2-12(8)16)13(18)9-4-10(14)6-11(15)5-9/h4-6,8,12H,2-3,7,16H2,1H3. The van der Waals surface area contributed by atoms with Gasteiger partial charge in [-0.05, 0) is 30.5 Å². The molecule has 0 saturated carbocycles. The Balaban J connectivity index is 2.16. The maximum absolute atomic E-state index is 12.4. The molecule has 0 spiro atoms. The Morgan fingerprint density at radius 3 is 2.50 bits per heavy atom. The molecule has 1 saturated heterocycles. The number of carbonyl (C=O) groups is 1. The number of benzene rings is 1. The van der Waals surface area contributed by atoms with Crippen LogP contribution < -0.4 is 5.73 Å². The zero-order valence-electron chi connectivity index (χ0n) is 10.2. The second-order valence-corrected chi connectivity index (χ2v) is 6.67. The van der Waals surface area contributed by atoms with Gasteiger partial charge in [0.25, 0.3) is 5.91 Å². The summed E-state index contributed by atoms with van der Waals surface area (Å²) in [4.78, 5) is 14.3. The van der Waals surface area contributed by atoms with E-state index in [2.05, 4.69) is 38.8 Å². The normalized spacial score (nSPS) is 24.1. The van der Waals surface area contributed by atoms with Crippen LogP contribution in [0.15, 0.2) is 27.1 Å². The van der Waals surface area contributed by atoms with Crippen molar-refractivity contribution in [2.75, 3.05) is 13.1 Å². The maximum atomic E-state index is 12.4. The maximum Gasteiger partial charge on any atom is 0.253 e. The molecule has 1 aliphatic rings. The highest BCUT2D eigenvalue weighted by molar-refractivity contribution is 9.11. The van der Waals surface area contributed by atoms with Gasteiger partial charge in [0.2, 0.25) is 0 Å². The third-order valence-corrected chi connectivity index (χ3v) is 4.28. The monoisotopic (exact) mass is 374 g/mol. The fourth-order valence-electron chi connectivity index (χ4n) is 2.21. The third-order valence-electron chi connectivity index (χ3n) is 3.37. The topological polar surface area (TPSA) is 46.3 Å². The number of nitrogens with zero attached hydrogens (tertiary/aromatic N) is 1. The zero-order chi connectivity index (χ0) is 13.3. The van der Waals surface area contributed by atoms with Crippen molar-refractivity contribution in [1.82, 2.24) is 4.90 Å². The Labute approximate surface area is 124 Å². The molecule has 5 heteroatoms. The number of carbonyl (C=O) groups excluding carboxylic acids is 1. The highest BCUT2D eigenvalue weighted by Gasteiger charge is 2.27. The van der Waals surface area contributed by atoms with Gasteiger partial charge in [0, 0.05) is 33.6 Å². The van der Waals surface area contributed by atoms with E-state index >= 15 is 0 Å². The number of piperidine rings is 1. The summed E-state index contributed by atoms with van der Waals surface area (Å²) in [7, 11) is 0. The van der Waals surface area contributed by atoms with E-state index in [-0.39, 0.29) is 11.9 Å². The lowest BCUT2D eigenvalue weighted by Crippen LogP contribution is -2.48. The Morgan fingerprint density at radius 2 is 1.94 bits per heavy atom. The molecule has 1 aromatic rings. The Kier molecular flexibility index (Phi) is 4.45. The van der Waals surface area contributed by atoms with E-state index in [4.69, 9.17) is 5.73 Å². The lowest BCUT2D eigenvalue weighted by atomic mass is 9.94. The molecule has 1 heterocycles. The van der Waals surface area contributed by atoms with E-state index < -0.39 is 0 Å². The van der Waals surface area contributed by atoms with Crippen LogP contribution in [0.3, 0.4) is 0 Å². The Morgan fingerprint density at radius 1 is 1.33 bits per heavy atom. The summed E-state index contributed by atoms with van der Waals surface area (Å²) in [6.07, 6.45) is 0.877. The number of hydrogen-bond donors (Lipinski definition) is 1. The van der Waals surface area contributed by atoms with Crippen molar-refractivity contribution in [3.63, 3.8) is 0 Å². The van der Waals surface area contributed by atoms with E-state index in [1.54, 1.807) is 0 Å². The first-order valence-corrected chi connectivity index (χ1v) is 7.57. The van der Waals surface area contributed by atoms with Gasteiger partial charge in [-0.3, -0.25) is 4.79 Å². The van der Waals surface area contributed by atoms with Crippen LogP contribution >= 0.6 is 31.9 Å². The van der Waals surface area contributed by atoms with Crippen molar-refractivity contribution in [3.8, 4) is 0 Å². The highest BCUT2D eigenvalue weighted by Crippen LogP contribution is 2.23. The summed E-state index contributed by atoms with van der Waals surface area (Å²) in [6.45, 7) is 3.58. The Hall–Kier alpha value is -0.390. The number of hydrogen-bond acceptors (Lipinski definition) is 2. The molecule has 2 unspecified atom stereocenters. The van der Waals surface area contributed by atoms with E-state index in [9.17, 15) is 4.79 Å². The minimum Gasteiger partial charge on any atom is -0.338 e. The van der Waals surface area contributed by atoms with Gasteiger partial charge < -0.3 is 10.6 Å². The summed E-state index contributed by atoms with van der Waals surface area (Å²) in [6, 6.07) is 5.84. The second-order valence-electron chi connectivity index (χ2n) is 4.84. The van der Waals surface area contributed by atoms with E-state index in [1.807, 2.05) is 23.1 Å². The van der Waals surface area contributed by atoms with Crippen LogP contribution in [0.1, 0.15) is 23.7 Å². The van der Waals surface area contributed by atoms with Crippen LogP contribution in [0, 0.1) is 5.92 Å². The molecule has 0 aliphatic carbocycles. The molecule has 1 fully saturated rings. The molecule has 18 heavy (non-hydrogen) atoms. The van der Waals surface area contributed by atoms with Crippen LogP contribution in [0.4, 0.5) is 0 Å². The second kappa shape index (κ2) is 5.72. The van der Waals surface area contributed by atoms with Gasteiger partial charge in [-0.1, -0.05) is 38.8 Å². The molecule has 1 aliphatic heterocycles. The largest absolute Gasteiger partial charge is 0.338 e. The van der Waals surface area contributed by atoms with Crippen LogP contribution in [-0.4, -0.2) is 29.9 Å². The molecule has 0 radical (unpaired) electrons. The molecule has 2 rings (SSSR count). The van der Waals surface area contributed by atoms with Crippen LogP contribution in [0.2, 0.25) is 0 Å². The van der Waals surface area contributed by atoms with Crippen molar-refractivity contribution in [3.05, 3.63) is 32.7 Å². The van der Waals surface area contributed by atoms with Crippen LogP contribution in [-0.2, 0) is 0 Å².